The molecule has 0 atom stereocenters. The Hall–Kier alpha value is -2.08. The molecule has 6 heteroatoms. The second-order valence-corrected chi connectivity index (χ2v) is 5.19. The van der Waals surface area contributed by atoms with Crippen LogP contribution in [0.5, 0.6) is 0 Å². The lowest BCUT2D eigenvalue weighted by Crippen LogP contribution is -2.29. The van der Waals surface area contributed by atoms with Crippen LogP contribution in [0.1, 0.15) is 30.6 Å². The number of hydrogen-bond donors (Lipinski definition) is 3. The Morgan fingerprint density at radius 2 is 2.19 bits per heavy atom. The molecular weight excluding hydrogens is 270 g/mol. The van der Waals surface area contributed by atoms with Gasteiger partial charge in [-0.15, -0.1) is 0 Å². The molecule has 2 amide bonds. The number of nitrogens with one attached hydrogen (secondary N) is 3. The van der Waals surface area contributed by atoms with Crippen LogP contribution in [0.2, 0.25) is 0 Å². The number of fused-ring (bicyclic) bond motifs is 1. The minimum Gasteiger partial charge on any atom is -0.379 e. The van der Waals surface area contributed by atoms with Crippen molar-refractivity contribution in [3.8, 4) is 0 Å². The largest absolute Gasteiger partial charge is 0.379 e. The molecule has 21 heavy (non-hydrogen) atoms. The molecule has 6 nitrogen and oxygen atoms in total. The normalized spacial score (nSPS) is 13.4. The first-order valence-corrected chi connectivity index (χ1v) is 7.14. The lowest BCUT2D eigenvalue weighted by molar-refractivity contribution is -0.114. The van der Waals surface area contributed by atoms with Gasteiger partial charge in [-0.1, -0.05) is 0 Å². The lowest BCUT2D eigenvalue weighted by atomic mass is 10.1. The molecule has 0 bridgehead atoms. The number of rotatable bonds is 6. The van der Waals surface area contributed by atoms with Crippen LogP contribution >= 0.6 is 0 Å². The van der Waals surface area contributed by atoms with Crippen LogP contribution in [-0.2, 0) is 9.53 Å². The molecule has 0 radical (unpaired) electrons. The van der Waals surface area contributed by atoms with Crippen molar-refractivity contribution in [2.24, 2.45) is 0 Å². The van der Waals surface area contributed by atoms with E-state index in [2.05, 4.69) is 16.0 Å². The molecule has 0 saturated heterocycles. The van der Waals surface area contributed by atoms with Crippen molar-refractivity contribution < 1.29 is 14.3 Å². The SMILES string of the molecule is CC(C)OCCCNC(=O)c1ccc2c(c1)NC(=O)CN2. The van der Waals surface area contributed by atoms with E-state index < -0.39 is 0 Å². The minimum atomic E-state index is -0.151. The van der Waals surface area contributed by atoms with E-state index in [1.807, 2.05) is 13.8 Å². The molecular formula is C15H21N3O3. The molecule has 2 rings (SSSR count). The van der Waals surface area contributed by atoms with Crippen molar-refractivity contribution in [3.63, 3.8) is 0 Å². The number of carbonyl (C=O) groups is 2. The number of carbonyl (C=O) groups excluding carboxylic acids is 2. The Kier molecular flexibility index (Phi) is 5.16. The van der Waals surface area contributed by atoms with Crippen molar-refractivity contribution in [2.45, 2.75) is 26.4 Å². The zero-order valence-electron chi connectivity index (χ0n) is 12.4. The Labute approximate surface area is 124 Å². The van der Waals surface area contributed by atoms with Gasteiger partial charge >= 0.3 is 0 Å². The maximum Gasteiger partial charge on any atom is 0.251 e. The second-order valence-electron chi connectivity index (χ2n) is 5.19. The predicted molar refractivity (Wildman–Crippen MR) is 81.6 cm³/mol. The lowest BCUT2D eigenvalue weighted by Gasteiger charge is -2.19. The molecule has 1 aromatic carbocycles. The molecule has 0 spiro atoms. The van der Waals surface area contributed by atoms with E-state index in [0.29, 0.717) is 24.4 Å². The summed E-state index contributed by atoms with van der Waals surface area (Å²) < 4.78 is 5.41. The summed E-state index contributed by atoms with van der Waals surface area (Å²) in [6.45, 7) is 5.41. The Morgan fingerprint density at radius 1 is 1.38 bits per heavy atom. The summed E-state index contributed by atoms with van der Waals surface area (Å²) in [6.07, 6.45) is 0.977. The fourth-order valence-corrected chi connectivity index (χ4v) is 2.01. The van der Waals surface area contributed by atoms with E-state index in [-0.39, 0.29) is 24.5 Å². The van der Waals surface area contributed by atoms with Crippen LogP contribution < -0.4 is 16.0 Å². The van der Waals surface area contributed by atoms with Crippen molar-refractivity contribution in [1.29, 1.82) is 0 Å². The fourth-order valence-electron chi connectivity index (χ4n) is 2.01. The monoisotopic (exact) mass is 291 g/mol. The molecule has 0 saturated carbocycles. The average molecular weight is 291 g/mol. The Balaban J connectivity index is 1.85. The highest BCUT2D eigenvalue weighted by atomic mass is 16.5. The van der Waals surface area contributed by atoms with Gasteiger partial charge < -0.3 is 20.7 Å². The van der Waals surface area contributed by atoms with Gasteiger partial charge in [0.2, 0.25) is 5.91 Å². The average Bonchev–Trinajstić information content (AvgIpc) is 2.45. The van der Waals surface area contributed by atoms with Gasteiger partial charge in [0.25, 0.3) is 5.91 Å². The van der Waals surface area contributed by atoms with Crippen LogP contribution in [0.3, 0.4) is 0 Å². The van der Waals surface area contributed by atoms with Crippen molar-refractivity contribution in [1.82, 2.24) is 5.32 Å². The highest BCUT2D eigenvalue weighted by Crippen LogP contribution is 2.25. The van der Waals surface area contributed by atoms with Gasteiger partial charge in [0.1, 0.15) is 0 Å². The van der Waals surface area contributed by atoms with Crippen LogP contribution in [0.4, 0.5) is 11.4 Å². The van der Waals surface area contributed by atoms with E-state index >= 15 is 0 Å². The minimum absolute atomic E-state index is 0.106. The molecule has 1 heterocycles. The number of ether oxygens (including phenoxy) is 1. The zero-order valence-corrected chi connectivity index (χ0v) is 12.4. The van der Waals surface area contributed by atoms with Gasteiger partial charge in [-0.2, -0.15) is 0 Å². The Morgan fingerprint density at radius 3 is 2.95 bits per heavy atom. The van der Waals surface area contributed by atoms with Crippen LogP contribution in [0.15, 0.2) is 18.2 Å². The summed E-state index contributed by atoms with van der Waals surface area (Å²) in [5, 5.41) is 8.57. The smallest absolute Gasteiger partial charge is 0.251 e. The van der Waals surface area contributed by atoms with Gasteiger partial charge in [0.15, 0.2) is 0 Å². The summed E-state index contributed by atoms with van der Waals surface area (Å²) >= 11 is 0. The first-order chi connectivity index (χ1) is 10.1. The van der Waals surface area contributed by atoms with Gasteiger partial charge in [-0.25, -0.2) is 0 Å². The van der Waals surface area contributed by atoms with Crippen molar-refractivity contribution in [2.75, 3.05) is 30.3 Å². The second kappa shape index (κ2) is 7.08. The van der Waals surface area contributed by atoms with Crippen LogP contribution in [-0.4, -0.2) is 37.6 Å². The summed E-state index contributed by atoms with van der Waals surface area (Å²) in [6, 6.07) is 5.22. The van der Waals surface area contributed by atoms with Gasteiger partial charge in [-0.3, -0.25) is 9.59 Å². The molecule has 1 aliphatic heterocycles. The van der Waals surface area contributed by atoms with Gasteiger partial charge in [-0.05, 0) is 38.5 Å². The number of benzene rings is 1. The first-order valence-electron chi connectivity index (χ1n) is 7.14. The van der Waals surface area contributed by atoms with E-state index in [1.54, 1.807) is 18.2 Å². The van der Waals surface area contributed by atoms with Crippen LogP contribution in [0, 0.1) is 0 Å². The van der Waals surface area contributed by atoms with Crippen molar-refractivity contribution >= 4 is 23.2 Å². The molecule has 1 aromatic rings. The number of hydrogen-bond acceptors (Lipinski definition) is 4. The predicted octanol–water partition coefficient (Wildman–Crippen LogP) is 1.60. The van der Waals surface area contributed by atoms with E-state index in [1.165, 1.54) is 0 Å². The quantitative estimate of drug-likeness (QED) is 0.696. The van der Waals surface area contributed by atoms with Crippen LogP contribution in [0.25, 0.3) is 0 Å². The summed E-state index contributed by atoms with van der Waals surface area (Å²) in [5.41, 5.74) is 2.00. The fraction of sp³-hybridized carbons (Fsp3) is 0.467. The molecule has 114 valence electrons. The third-order valence-corrected chi connectivity index (χ3v) is 3.05. The summed E-state index contributed by atoms with van der Waals surface area (Å²) in [4.78, 5) is 23.3. The number of anilines is 2. The van der Waals surface area contributed by atoms with E-state index in [9.17, 15) is 9.59 Å². The van der Waals surface area contributed by atoms with Gasteiger partial charge in [0, 0.05) is 18.7 Å². The van der Waals surface area contributed by atoms with E-state index in [4.69, 9.17) is 4.74 Å². The third-order valence-electron chi connectivity index (χ3n) is 3.05. The molecule has 0 aliphatic carbocycles. The third kappa shape index (κ3) is 4.46. The molecule has 1 aliphatic rings. The topological polar surface area (TPSA) is 79.5 Å². The number of amides is 2. The summed E-state index contributed by atoms with van der Waals surface area (Å²) in [5.74, 6) is -0.256. The Bertz CT molecular complexity index is 529. The molecule has 0 aromatic heterocycles. The highest BCUT2D eigenvalue weighted by Gasteiger charge is 2.15. The molecule has 0 fully saturated rings. The maximum absolute atomic E-state index is 12.0. The molecule has 3 N–H and O–H groups in total. The highest BCUT2D eigenvalue weighted by molar-refractivity contribution is 6.03. The summed E-state index contributed by atoms with van der Waals surface area (Å²) in [7, 11) is 0. The molecule has 0 unspecified atom stereocenters. The first kappa shape index (κ1) is 15.3. The van der Waals surface area contributed by atoms with Gasteiger partial charge in [0.05, 0.1) is 24.0 Å². The standard InChI is InChI=1S/C15H21N3O3/c1-10(2)21-7-3-6-16-15(20)11-4-5-12-13(8-11)18-14(19)9-17-12/h4-5,8,10,17H,3,6-7,9H2,1-2H3,(H,16,20)(H,18,19). The zero-order chi connectivity index (χ0) is 15.2. The maximum atomic E-state index is 12.0. The van der Waals surface area contributed by atoms with Crippen molar-refractivity contribution in [3.05, 3.63) is 23.8 Å². The van der Waals surface area contributed by atoms with E-state index in [0.717, 1.165) is 12.1 Å².